The Morgan fingerprint density at radius 3 is 2.75 bits per heavy atom. The minimum absolute atomic E-state index is 0.372. The Morgan fingerprint density at radius 1 is 1.38 bits per heavy atom. The third-order valence-electron chi connectivity index (χ3n) is 3.95. The van der Waals surface area contributed by atoms with Crippen molar-refractivity contribution >= 4 is 0 Å². The minimum Gasteiger partial charge on any atom is -0.313 e. The molecule has 16 heavy (non-hydrogen) atoms. The molecule has 2 aliphatic carbocycles. The van der Waals surface area contributed by atoms with Crippen molar-refractivity contribution < 1.29 is 0 Å². The number of fused-ring (bicyclic) bond motifs is 1. The smallest absolute Gasteiger partial charge is 0.0136 e. The van der Waals surface area contributed by atoms with E-state index < -0.39 is 0 Å². The number of hydrogen-bond donors (Lipinski definition) is 1. The summed E-state index contributed by atoms with van der Waals surface area (Å²) < 4.78 is 0. The predicted octanol–water partition coefficient (Wildman–Crippen LogP) is 2.13. The second-order valence-electron chi connectivity index (χ2n) is 6.63. The van der Waals surface area contributed by atoms with Crippen LogP contribution in [0.3, 0.4) is 0 Å². The lowest BCUT2D eigenvalue weighted by Gasteiger charge is -2.42. The lowest BCUT2D eigenvalue weighted by molar-refractivity contribution is 0.138. The van der Waals surface area contributed by atoms with Gasteiger partial charge in [0.25, 0.3) is 0 Å². The van der Waals surface area contributed by atoms with Gasteiger partial charge >= 0.3 is 0 Å². The molecule has 0 saturated heterocycles. The van der Waals surface area contributed by atoms with Crippen LogP contribution in [0.5, 0.6) is 0 Å². The maximum atomic E-state index is 3.76. The van der Waals surface area contributed by atoms with E-state index in [1.807, 2.05) is 0 Å². The first-order chi connectivity index (χ1) is 7.48. The third kappa shape index (κ3) is 2.67. The second-order valence-corrected chi connectivity index (χ2v) is 6.63. The molecule has 2 heteroatoms. The Kier molecular flexibility index (Phi) is 3.41. The van der Waals surface area contributed by atoms with Crippen LogP contribution in [0.1, 0.15) is 26.7 Å². The van der Waals surface area contributed by atoms with Gasteiger partial charge in [0.2, 0.25) is 0 Å². The summed E-state index contributed by atoms with van der Waals surface area (Å²) in [6, 6.07) is 0.755. The maximum absolute atomic E-state index is 3.76. The molecule has 92 valence electrons. The molecule has 3 atom stereocenters. The van der Waals surface area contributed by atoms with Crippen LogP contribution in [-0.4, -0.2) is 38.1 Å². The summed E-state index contributed by atoms with van der Waals surface area (Å²) in [4.78, 5) is 2.28. The SMILES string of the molecule is CN(C)CC(C)(C)CNC1CC2CC=CC21. The van der Waals surface area contributed by atoms with Crippen molar-refractivity contribution in [2.75, 3.05) is 27.2 Å². The van der Waals surface area contributed by atoms with Crippen molar-refractivity contribution in [3.8, 4) is 0 Å². The first-order valence-electron chi connectivity index (χ1n) is 6.53. The van der Waals surface area contributed by atoms with Crippen LogP contribution in [0.4, 0.5) is 0 Å². The molecular weight excluding hydrogens is 196 g/mol. The minimum atomic E-state index is 0.372. The van der Waals surface area contributed by atoms with E-state index >= 15 is 0 Å². The Bertz CT molecular complexity index is 268. The van der Waals surface area contributed by atoms with Crippen molar-refractivity contribution in [2.45, 2.75) is 32.7 Å². The van der Waals surface area contributed by atoms with Crippen LogP contribution in [0.2, 0.25) is 0 Å². The van der Waals surface area contributed by atoms with Gasteiger partial charge in [-0.05, 0) is 44.2 Å². The lowest BCUT2D eigenvalue weighted by Crippen LogP contribution is -2.51. The fourth-order valence-electron chi connectivity index (χ4n) is 3.27. The molecule has 1 fully saturated rings. The zero-order chi connectivity index (χ0) is 11.8. The van der Waals surface area contributed by atoms with Crippen molar-refractivity contribution in [1.29, 1.82) is 0 Å². The monoisotopic (exact) mass is 222 g/mol. The molecule has 0 bridgehead atoms. The van der Waals surface area contributed by atoms with E-state index in [0.29, 0.717) is 5.41 Å². The van der Waals surface area contributed by atoms with Crippen molar-refractivity contribution in [1.82, 2.24) is 10.2 Å². The third-order valence-corrected chi connectivity index (χ3v) is 3.95. The quantitative estimate of drug-likeness (QED) is 0.717. The Labute approximate surface area is 100 Å². The molecule has 2 nitrogen and oxygen atoms in total. The molecule has 0 radical (unpaired) electrons. The van der Waals surface area contributed by atoms with Crippen LogP contribution < -0.4 is 5.32 Å². The summed E-state index contributed by atoms with van der Waals surface area (Å²) in [6.07, 6.45) is 7.49. The fourth-order valence-corrected chi connectivity index (χ4v) is 3.27. The highest BCUT2D eigenvalue weighted by atomic mass is 15.1. The molecule has 0 aliphatic heterocycles. The fraction of sp³-hybridized carbons (Fsp3) is 0.857. The molecule has 2 rings (SSSR count). The first kappa shape index (κ1) is 12.1. The molecule has 0 aromatic rings. The summed E-state index contributed by atoms with van der Waals surface area (Å²) in [5, 5.41) is 3.76. The van der Waals surface area contributed by atoms with E-state index in [1.165, 1.54) is 12.8 Å². The number of nitrogens with zero attached hydrogens (tertiary/aromatic N) is 1. The second kappa shape index (κ2) is 4.50. The Morgan fingerprint density at radius 2 is 2.12 bits per heavy atom. The van der Waals surface area contributed by atoms with E-state index in [9.17, 15) is 0 Å². The zero-order valence-corrected chi connectivity index (χ0v) is 11.2. The van der Waals surface area contributed by atoms with Crippen LogP contribution in [-0.2, 0) is 0 Å². The number of rotatable bonds is 5. The topological polar surface area (TPSA) is 15.3 Å². The molecule has 1 saturated carbocycles. The highest BCUT2D eigenvalue weighted by Crippen LogP contribution is 2.42. The largest absolute Gasteiger partial charge is 0.313 e. The van der Waals surface area contributed by atoms with Crippen molar-refractivity contribution in [3.05, 3.63) is 12.2 Å². The van der Waals surface area contributed by atoms with Crippen molar-refractivity contribution in [3.63, 3.8) is 0 Å². The molecule has 2 aliphatic rings. The van der Waals surface area contributed by atoms with Gasteiger partial charge in [-0.15, -0.1) is 0 Å². The average molecular weight is 222 g/mol. The van der Waals surface area contributed by atoms with E-state index in [2.05, 4.69) is 50.3 Å². The molecule has 0 aromatic carbocycles. The molecule has 0 aromatic heterocycles. The summed E-state index contributed by atoms with van der Waals surface area (Å²) in [5.41, 5.74) is 0.372. The van der Waals surface area contributed by atoms with Crippen LogP contribution in [0, 0.1) is 17.3 Å². The summed E-state index contributed by atoms with van der Waals surface area (Å²) in [5.74, 6) is 1.81. The van der Waals surface area contributed by atoms with Crippen LogP contribution in [0.15, 0.2) is 12.2 Å². The van der Waals surface area contributed by atoms with Gasteiger partial charge in [-0.3, -0.25) is 0 Å². The van der Waals surface area contributed by atoms with Gasteiger partial charge in [0.15, 0.2) is 0 Å². The average Bonchev–Trinajstić information content (AvgIpc) is 2.45. The summed E-state index contributed by atoms with van der Waals surface area (Å²) in [7, 11) is 4.31. The van der Waals surface area contributed by atoms with E-state index in [4.69, 9.17) is 0 Å². The van der Waals surface area contributed by atoms with Gasteiger partial charge in [-0.2, -0.15) is 0 Å². The van der Waals surface area contributed by atoms with E-state index in [1.54, 1.807) is 0 Å². The van der Waals surface area contributed by atoms with Gasteiger partial charge in [-0.25, -0.2) is 0 Å². The first-order valence-corrected chi connectivity index (χ1v) is 6.53. The van der Waals surface area contributed by atoms with Gasteiger partial charge in [0, 0.05) is 19.1 Å². The maximum Gasteiger partial charge on any atom is 0.0136 e. The van der Waals surface area contributed by atoms with Gasteiger partial charge in [0.05, 0.1) is 0 Å². The van der Waals surface area contributed by atoms with E-state index in [0.717, 1.165) is 31.0 Å². The van der Waals surface area contributed by atoms with E-state index in [-0.39, 0.29) is 0 Å². The van der Waals surface area contributed by atoms with Crippen LogP contribution in [0.25, 0.3) is 0 Å². The van der Waals surface area contributed by atoms with Gasteiger partial charge < -0.3 is 10.2 Å². The standard InChI is InChI=1S/C14H26N2/c1-14(2,10-16(3)4)9-15-13-8-11-6-5-7-12(11)13/h5,7,11-13,15H,6,8-10H2,1-4H3. The zero-order valence-electron chi connectivity index (χ0n) is 11.2. The number of allylic oxidation sites excluding steroid dienone is 1. The highest BCUT2D eigenvalue weighted by Gasteiger charge is 2.41. The molecule has 0 spiro atoms. The summed E-state index contributed by atoms with van der Waals surface area (Å²) in [6.45, 7) is 6.98. The molecule has 3 unspecified atom stereocenters. The number of nitrogens with one attached hydrogen (secondary N) is 1. The lowest BCUT2D eigenvalue weighted by atomic mass is 9.71. The van der Waals surface area contributed by atoms with Gasteiger partial charge in [-0.1, -0.05) is 26.0 Å². The molecule has 1 N–H and O–H groups in total. The number of hydrogen-bond acceptors (Lipinski definition) is 2. The summed E-state index contributed by atoms with van der Waals surface area (Å²) >= 11 is 0. The molecular formula is C14H26N2. The highest BCUT2D eigenvalue weighted by molar-refractivity contribution is 5.13. The molecule has 0 amide bonds. The van der Waals surface area contributed by atoms with Gasteiger partial charge in [0.1, 0.15) is 0 Å². The Hall–Kier alpha value is -0.340. The van der Waals surface area contributed by atoms with Crippen LogP contribution >= 0.6 is 0 Å². The van der Waals surface area contributed by atoms with Crippen molar-refractivity contribution in [2.24, 2.45) is 17.3 Å². The predicted molar refractivity (Wildman–Crippen MR) is 69.5 cm³/mol. The molecule has 0 heterocycles. The normalized spacial score (nSPS) is 32.9. The Balaban J connectivity index is 1.73.